The fourth-order valence-electron chi connectivity index (χ4n) is 3.10. The minimum atomic E-state index is -0.460. The van der Waals surface area contributed by atoms with E-state index in [1.165, 1.54) is 0 Å². The molecule has 0 bridgehead atoms. The zero-order valence-corrected chi connectivity index (χ0v) is 15.0. The Hall–Kier alpha value is -3.03. The number of carbonyl (C=O) groups is 2. The molecule has 2 N–H and O–H groups in total. The molecular weight excluding hydrogens is 336 g/mol. The number of methoxy groups -OCH3 is 2. The molecule has 1 aliphatic rings. The maximum atomic E-state index is 12.8. The third kappa shape index (κ3) is 3.22. The maximum Gasteiger partial charge on any atom is 0.272 e. The Morgan fingerprint density at radius 3 is 2.81 bits per heavy atom. The molecule has 8 heteroatoms. The van der Waals surface area contributed by atoms with E-state index in [2.05, 4.69) is 15.5 Å². The number of hydrogen-bond acceptors (Lipinski definition) is 5. The molecule has 1 saturated heterocycles. The van der Waals surface area contributed by atoms with Crippen LogP contribution in [0.3, 0.4) is 0 Å². The lowest BCUT2D eigenvalue weighted by Crippen LogP contribution is -2.56. The van der Waals surface area contributed by atoms with Gasteiger partial charge in [-0.25, -0.2) is 0 Å². The Bertz CT molecular complexity index is 817. The van der Waals surface area contributed by atoms with E-state index in [0.717, 1.165) is 5.56 Å². The standard InChI is InChI=1S/C18H22N4O4/c1-4-15-17(23)19-7-8-22(15)18(24)14-10-13(20-21-14)12-6-5-11(25-2)9-16(12)26-3/h5-6,9-10,15H,4,7-8H2,1-3H3,(H,19,23)(H,20,21)/t15-/m1/s1. The first-order chi connectivity index (χ1) is 12.6. The molecule has 1 atom stereocenters. The summed E-state index contributed by atoms with van der Waals surface area (Å²) < 4.78 is 10.6. The number of rotatable bonds is 5. The number of ether oxygens (including phenoxy) is 2. The normalized spacial score (nSPS) is 17.0. The molecule has 8 nitrogen and oxygen atoms in total. The summed E-state index contributed by atoms with van der Waals surface area (Å²) >= 11 is 0. The Balaban J connectivity index is 1.88. The van der Waals surface area contributed by atoms with Crippen LogP contribution in [0, 0.1) is 0 Å². The molecule has 2 amide bonds. The second-order valence-corrected chi connectivity index (χ2v) is 5.95. The minimum absolute atomic E-state index is 0.122. The van der Waals surface area contributed by atoms with Gasteiger partial charge in [-0.15, -0.1) is 0 Å². The van der Waals surface area contributed by atoms with Crippen molar-refractivity contribution in [1.29, 1.82) is 0 Å². The summed E-state index contributed by atoms with van der Waals surface area (Å²) in [6, 6.07) is 6.60. The summed E-state index contributed by atoms with van der Waals surface area (Å²) in [5.41, 5.74) is 1.67. The van der Waals surface area contributed by atoms with Crippen molar-refractivity contribution in [2.75, 3.05) is 27.3 Å². The number of aromatic nitrogens is 2. The first-order valence-electron chi connectivity index (χ1n) is 8.45. The summed E-state index contributed by atoms with van der Waals surface area (Å²) in [5.74, 6) is 0.905. The highest BCUT2D eigenvalue weighted by molar-refractivity contribution is 5.97. The third-order valence-corrected chi connectivity index (χ3v) is 4.47. The Kier molecular flexibility index (Phi) is 5.11. The Labute approximate surface area is 151 Å². The van der Waals surface area contributed by atoms with Crippen LogP contribution in [0.1, 0.15) is 23.8 Å². The molecule has 2 heterocycles. The predicted molar refractivity (Wildman–Crippen MR) is 95.3 cm³/mol. The summed E-state index contributed by atoms with van der Waals surface area (Å²) in [7, 11) is 3.15. The molecule has 1 aromatic heterocycles. The molecule has 3 rings (SSSR count). The molecule has 138 valence electrons. The second kappa shape index (κ2) is 7.47. The lowest BCUT2D eigenvalue weighted by Gasteiger charge is -2.34. The van der Waals surface area contributed by atoms with E-state index in [1.807, 2.05) is 13.0 Å². The smallest absolute Gasteiger partial charge is 0.272 e. The molecule has 26 heavy (non-hydrogen) atoms. The predicted octanol–water partition coefficient (Wildman–Crippen LogP) is 1.44. The molecule has 1 aromatic carbocycles. The van der Waals surface area contributed by atoms with E-state index in [1.54, 1.807) is 37.3 Å². The minimum Gasteiger partial charge on any atom is -0.497 e. The van der Waals surface area contributed by atoms with E-state index in [9.17, 15) is 9.59 Å². The van der Waals surface area contributed by atoms with Crippen molar-refractivity contribution in [2.24, 2.45) is 0 Å². The summed E-state index contributed by atoms with van der Waals surface area (Å²) in [6.07, 6.45) is 0.560. The number of carbonyl (C=O) groups excluding carboxylic acids is 2. The van der Waals surface area contributed by atoms with E-state index >= 15 is 0 Å². The number of hydrogen-bond donors (Lipinski definition) is 2. The topological polar surface area (TPSA) is 96.6 Å². The molecule has 0 aliphatic carbocycles. The average Bonchev–Trinajstić information content (AvgIpc) is 3.16. The number of nitrogens with one attached hydrogen (secondary N) is 2. The molecule has 2 aromatic rings. The van der Waals surface area contributed by atoms with Crippen LogP contribution in [0.4, 0.5) is 0 Å². The van der Waals surface area contributed by atoms with Gasteiger partial charge in [0.15, 0.2) is 0 Å². The van der Waals surface area contributed by atoms with Gasteiger partial charge in [-0.05, 0) is 24.6 Å². The lowest BCUT2D eigenvalue weighted by molar-refractivity contribution is -0.127. The van der Waals surface area contributed by atoms with Crippen molar-refractivity contribution in [3.05, 3.63) is 30.0 Å². The van der Waals surface area contributed by atoms with Gasteiger partial charge in [-0.1, -0.05) is 6.92 Å². The molecule has 1 aliphatic heterocycles. The van der Waals surface area contributed by atoms with Gasteiger partial charge in [-0.3, -0.25) is 14.7 Å². The number of nitrogens with zero attached hydrogens (tertiary/aromatic N) is 2. The molecule has 0 spiro atoms. The van der Waals surface area contributed by atoms with Crippen LogP contribution in [0.2, 0.25) is 0 Å². The maximum absolute atomic E-state index is 12.8. The van der Waals surface area contributed by atoms with Gasteiger partial charge < -0.3 is 19.7 Å². The Morgan fingerprint density at radius 2 is 2.12 bits per heavy atom. The van der Waals surface area contributed by atoms with Crippen LogP contribution in [0.15, 0.2) is 24.3 Å². The van der Waals surface area contributed by atoms with Crippen LogP contribution < -0.4 is 14.8 Å². The summed E-state index contributed by atoms with van der Waals surface area (Å²) in [6.45, 7) is 2.81. The van der Waals surface area contributed by atoms with Crippen LogP contribution in [0.5, 0.6) is 11.5 Å². The van der Waals surface area contributed by atoms with Crippen molar-refractivity contribution in [3.63, 3.8) is 0 Å². The van der Waals surface area contributed by atoms with Crippen LogP contribution in [-0.2, 0) is 4.79 Å². The quantitative estimate of drug-likeness (QED) is 0.843. The van der Waals surface area contributed by atoms with Crippen molar-refractivity contribution in [2.45, 2.75) is 19.4 Å². The van der Waals surface area contributed by atoms with Crippen molar-refractivity contribution in [3.8, 4) is 22.8 Å². The number of benzene rings is 1. The van der Waals surface area contributed by atoms with Crippen molar-refractivity contribution >= 4 is 11.8 Å². The fourth-order valence-corrected chi connectivity index (χ4v) is 3.10. The average molecular weight is 358 g/mol. The summed E-state index contributed by atoms with van der Waals surface area (Å²) in [4.78, 5) is 26.4. The number of piperazine rings is 1. The second-order valence-electron chi connectivity index (χ2n) is 5.95. The SMILES string of the molecule is CC[C@@H]1C(=O)NCCN1C(=O)c1cc(-c2ccc(OC)cc2OC)n[nH]1. The number of amides is 2. The molecule has 1 fully saturated rings. The van der Waals surface area contributed by atoms with Gasteiger partial charge in [0, 0.05) is 24.7 Å². The highest BCUT2D eigenvalue weighted by atomic mass is 16.5. The highest BCUT2D eigenvalue weighted by Gasteiger charge is 2.33. The third-order valence-electron chi connectivity index (χ3n) is 4.47. The van der Waals surface area contributed by atoms with Gasteiger partial charge in [0.25, 0.3) is 5.91 Å². The Morgan fingerprint density at radius 1 is 1.31 bits per heavy atom. The molecule has 0 unspecified atom stereocenters. The van der Waals surface area contributed by atoms with Crippen LogP contribution in [0.25, 0.3) is 11.3 Å². The molecular formula is C18H22N4O4. The summed E-state index contributed by atoms with van der Waals surface area (Å²) in [5, 5.41) is 9.81. The van der Waals surface area contributed by atoms with Crippen molar-refractivity contribution in [1.82, 2.24) is 20.4 Å². The van der Waals surface area contributed by atoms with Gasteiger partial charge in [-0.2, -0.15) is 5.10 Å². The highest BCUT2D eigenvalue weighted by Crippen LogP contribution is 2.32. The van der Waals surface area contributed by atoms with Crippen molar-refractivity contribution < 1.29 is 19.1 Å². The van der Waals surface area contributed by atoms with E-state index < -0.39 is 6.04 Å². The van der Waals surface area contributed by atoms with Gasteiger partial charge in [0.05, 0.1) is 19.9 Å². The van der Waals surface area contributed by atoms with E-state index in [0.29, 0.717) is 42.4 Å². The number of H-pyrrole nitrogens is 1. The fraction of sp³-hybridized carbons (Fsp3) is 0.389. The van der Waals surface area contributed by atoms with Gasteiger partial charge >= 0.3 is 0 Å². The van der Waals surface area contributed by atoms with Crippen LogP contribution in [-0.4, -0.2) is 60.3 Å². The van der Waals surface area contributed by atoms with E-state index in [4.69, 9.17) is 9.47 Å². The van der Waals surface area contributed by atoms with Gasteiger partial charge in [0.2, 0.25) is 5.91 Å². The molecule has 0 radical (unpaired) electrons. The first-order valence-corrected chi connectivity index (χ1v) is 8.45. The zero-order valence-electron chi connectivity index (χ0n) is 15.0. The van der Waals surface area contributed by atoms with Crippen LogP contribution >= 0.6 is 0 Å². The van der Waals surface area contributed by atoms with E-state index in [-0.39, 0.29) is 11.8 Å². The monoisotopic (exact) mass is 358 g/mol. The largest absolute Gasteiger partial charge is 0.497 e. The number of aromatic amines is 1. The lowest BCUT2D eigenvalue weighted by atomic mass is 10.1. The zero-order chi connectivity index (χ0) is 18.7. The first kappa shape index (κ1) is 17.8. The van der Waals surface area contributed by atoms with Gasteiger partial charge in [0.1, 0.15) is 23.2 Å². The molecule has 0 saturated carbocycles.